The van der Waals surface area contributed by atoms with Crippen LogP contribution < -0.4 is 5.19 Å². The van der Waals surface area contributed by atoms with E-state index in [0.717, 1.165) is 0 Å². The molecule has 0 N–H and O–H groups in total. The summed E-state index contributed by atoms with van der Waals surface area (Å²) < 4.78 is 10.3. The van der Waals surface area contributed by atoms with Crippen molar-refractivity contribution in [3.05, 3.63) is 29.3 Å². The largest absolute Gasteiger partial charge is 0.380 e. The van der Waals surface area contributed by atoms with Gasteiger partial charge >= 0.3 is 0 Å². The molecule has 0 saturated carbocycles. The van der Waals surface area contributed by atoms with Crippen LogP contribution in [0.15, 0.2) is 18.2 Å². The van der Waals surface area contributed by atoms with Crippen molar-refractivity contribution in [1.82, 2.24) is 0 Å². The van der Waals surface area contributed by atoms with Crippen molar-refractivity contribution in [2.75, 3.05) is 14.2 Å². The summed E-state index contributed by atoms with van der Waals surface area (Å²) in [5.74, 6) is 0. The van der Waals surface area contributed by atoms with Crippen LogP contribution in [0.3, 0.4) is 0 Å². The highest BCUT2D eigenvalue weighted by Gasteiger charge is 2.14. The van der Waals surface area contributed by atoms with Gasteiger partial charge in [-0.25, -0.2) is 0 Å². The van der Waals surface area contributed by atoms with Crippen molar-refractivity contribution >= 4 is 24.4 Å². The molecule has 15 heavy (non-hydrogen) atoms. The van der Waals surface area contributed by atoms with Crippen molar-refractivity contribution in [3.8, 4) is 0 Å². The minimum absolute atomic E-state index is 0.613. The SMILES string of the molecule is COCc1cccc(COC)c1[Si](C)Cl. The summed E-state index contributed by atoms with van der Waals surface area (Å²) in [6, 6.07) is 6.15. The van der Waals surface area contributed by atoms with Gasteiger partial charge in [0.05, 0.1) is 13.2 Å². The van der Waals surface area contributed by atoms with Crippen molar-refractivity contribution in [2.24, 2.45) is 0 Å². The lowest BCUT2D eigenvalue weighted by Crippen LogP contribution is -2.29. The molecule has 0 saturated heterocycles. The molecular weight excluding hydrogens is 228 g/mol. The molecular formula is C11H16ClO2Si. The Morgan fingerprint density at radius 2 is 1.60 bits per heavy atom. The zero-order valence-electron chi connectivity index (χ0n) is 9.34. The summed E-state index contributed by atoms with van der Waals surface area (Å²) in [6.07, 6.45) is 0. The summed E-state index contributed by atoms with van der Waals surface area (Å²) in [6.45, 7) is 3.29. The van der Waals surface area contributed by atoms with Crippen LogP contribution in [0.5, 0.6) is 0 Å². The molecule has 1 radical (unpaired) electrons. The van der Waals surface area contributed by atoms with Crippen molar-refractivity contribution in [3.63, 3.8) is 0 Å². The monoisotopic (exact) mass is 243 g/mol. The maximum atomic E-state index is 6.28. The van der Waals surface area contributed by atoms with Crippen LogP contribution in [-0.4, -0.2) is 22.3 Å². The maximum absolute atomic E-state index is 6.28. The molecule has 0 aliphatic carbocycles. The Kier molecular flexibility index (Phi) is 5.32. The summed E-state index contributed by atoms with van der Waals surface area (Å²) in [5, 5.41) is 1.23. The van der Waals surface area contributed by atoms with Gasteiger partial charge in [0.2, 0.25) is 0 Å². The molecule has 0 unspecified atom stereocenters. The Morgan fingerprint density at radius 3 is 1.93 bits per heavy atom. The standard InChI is InChI=1S/C11H16ClO2Si/c1-13-7-9-5-4-6-10(8-14-2)11(9)15(3)12/h4-6H,7-8H2,1-3H3. The second-order valence-corrected chi connectivity index (χ2v) is 6.62. The van der Waals surface area contributed by atoms with Crippen LogP contribution >= 0.6 is 11.1 Å². The Hall–Kier alpha value is -0.353. The lowest BCUT2D eigenvalue weighted by atomic mass is 10.1. The highest BCUT2D eigenvalue weighted by atomic mass is 35.6. The van der Waals surface area contributed by atoms with E-state index in [0.29, 0.717) is 13.2 Å². The fourth-order valence-corrected chi connectivity index (χ4v) is 3.57. The predicted octanol–water partition coefficient (Wildman–Crippen LogP) is 2.05. The smallest absolute Gasteiger partial charge is 0.197 e. The molecule has 1 rings (SSSR count). The first kappa shape index (κ1) is 12.7. The number of rotatable bonds is 5. The number of ether oxygens (including phenoxy) is 2. The molecule has 0 spiro atoms. The summed E-state index contributed by atoms with van der Waals surface area (Å²) in [7, 11) is 2.39. The molecule has 0 bridgehead atoms. The molecule has 0 heterocycles. The van der Waals surface area contributed by atoms with Crippen LogP contribution in [0.25, 0.3) is 0 Å². The third-order valence-corrected chi connectivity index (χ3v) is 4.08. The van der Waals surface area contributed by atoms with E-state index in [2.05, 4.69) is 18.7 Å². The van der Waals surface area contributed by atoms with Crippen LogP contribution in [0.2, 0.25) is 6.55 Å². The lowest BCUT2D eigenvalue weighted by Gasteiger charge is -2.14. The van der Waals surface area contributed by atoms with Gasteiger partial charge in [0.25, 0.3) is 0 Å². The molecule has 2 nitrogen and oxygen atoms in total. The molecule has 0 aromatic heterocycles. The van der Waals surface area contributed by atoms with E-state index in [9.17, 15) is 0 Å². The molecule has 0 aliphatic rings. The van der Waals surface area contributed by atoms with Crippen molar-refractivity contribution < 1.29 is 9.47 Å². The summed E-state index contributed by atoms with van der Waals surface area (Å²) in [5.41, 5.74) is 2.36. The number of hydrogen-bond acceptors (Lipinski definition) is 2. The van der Waals surface area contributed by atoms with Crippen LogP contribution in [0.1, 0.15) is 11.1 Å². The average molecular weight is 244 g/mol. The van der Waals surface area contributed by atoms with Gasteiger partial charge in [-0.05, 0) is 16.3 Å². The number of methoxy groups -OCH3 is 2. The fraction of sp³-hybridized carbons (Fsp3) is 0.455. The first-order chi connectivity index (χ1) is 7.20. The third kappa shape index (κ3) is 3.31. The second-order valence-electron chi connectivity index (χ2n) is 3.35. The molecule has 1 aromatic rings. The first-order valence-electron chi connectivity index (χ1n) is 4.78. The van der Waals surface area contributed by atoms with Gasteiger partial charge in [-0.1, -0.05) is 24.7 Å². The Labute approximate surface area is 97.5 Å². The Balaban J connectivity index is 3.09. The maximum Gasteiger partial charge on any atom is 0.197 e. The summed E-state index contributed by atoms with van der Waals surface area (Å²) >= 11 is 6.28. The molecule has 0 fully saturated rings. The second kappa shape index (κ2) is 6.28. The molecule has 1 aromatic carbocycles. The van der Waals surface area contributed by atoms with E-state index < -0.39 is 8.11 Å². The normalized spacial score (nSPS) is 11.0. The fourth-order valence-electron chi connectivity index (χ4n) is 1.65. The first-order valence-corrected chi connectivity index (χ1v) is 7.80. The Bertz CT molecular complexity index is 291. The molecule has 0 aliphatic heterocycles. The number of benzene rings is 1. The van der Waals surface area contributed by atoms with Crippen LogP contribution in [0.4, 0.5) is 0 Å². The minimum Gasteiger partial charge on any atom is -0.380 e. The third-order valence-electron chi connectivity index (χ3n) is 2.18. The van der Waals surface area contributed by atoms with Crippen molar-refractivity contribution in [2.45, 2.75) is 19.8 Å². The molecule has 0 amide bonds. The molecule has 0 atom stereocenters. The number of hydrogen-bond donors (Lipinski definition) is 0. The highest BCUT2D eigenvalue weighted by molar-refractivity contribution is 7.13. The molecule has 4 heteroatoms. The quantitative estimate of drug-likeness (QED) is 0.582. The van der Waals surface area contributed by atoms with Gasteiger partial charge in [0, 0.05) is 14.2 Å². The van der Waals surface area contributed by atoms with E-state index in [-0.39, 0.29) is 0 Å². The van der Waals surface area contributed by atoms with Crippen LogP contribution in [0, 0.1) is 0 Å². The molecule has 83 valence electrons. The lowest BCUT2D eigenvalue weighted by molar-refractivity contribution is 0.181. The Morgan fingerprint density at radius 1 is 1.13 bits per heavy atom. The van der Waals surface area contributed by atoms with Crippen LogP contribution in [-0.2, 0) is 22.7 Å². The zero-order valence-corrected chi connectivity index (χ0v) is 11.1. The van der Waals surface area contributed by atoms with Gasteiger partial charge in [0.1, 0.15) is 0 Å². The zero-order chi connectivity index (χ0) is 11.3. The van der Waals surface area contributed by atoms with Gasteiger partial charge in [0.15, 0.2) is 8.11 Å². The van der Waals surface area contributed by atoms with Gasteiger partial charge < -0.3 is 9.47 Å². The predicted molar refractivity (Wildman–Crippen MR) is 65.0 cm³/mol. The van der Waals surface area contributed by atoms with E-state index >= 15 is 0 Å². The van der Waals surface area contributed by atoms with E-state index in [1.807, 2.05) is 6.07 Å². The van der Waals surface area contributed by atoms with Gasteiger partial charge in [-0.3, -0.25) is 0 Å². The van der Waals surface area contributed by atoms with Gasteiger partial charge in [-0.15, -0.1) is 0 Å². The van der Waals surface area contributed by atoms with E-state index in [1.165, 1.54) is 16.3 Å². The summed E-state index contributed by atoms with van der Waals surface area (Å²) in [4.78, 5) is 0. The van der Waals surface area contributed by atoms with E-state index in [1.54, 1.807) is 14.2 Å². The minimum atomic E-state index is -1.00. The van der Waals surface area contributed by atoms with Crippen molar-refractivity contribution in [1.29, 1.82) is 0 Å². The average Bonchev–Trinajstić information content (AvgIpc) is 2.18. The van der Waals surface area contributed by atoms with Gasteiger partial charge in [-0.2, -0.15) is 11.1 Å². The topological polar surface area (TPSA) is 18.5 Å². The highest BCUT2D eigenvalue weighted by Crippen LogP contribution is 2.09. The van der Waals surface area contributed by atoms with E-state index in [4.69, 9.17) is 20.6 Å². The number of halogens is 1.